The first-order valence-electron chi connectivity index (χ1n) is 9.21. The molecule has 0 aromatic heterocycles. The summed E-state index contributed by atoms with van der Waals surface area (Å²) in [6.45, 7) is 5.52. The number of halogens is 2. The van der Waals surface area contributed by atoms with Gasteiger partial charge in [0.05, 0.1) is 5.02 Å². The average Bonchev–Trinajstić information content (AvgIpc) is 3.17. The molecular weight excluding hydrogens is 383 g/mol. The highest BCUT2D eigenvalue weighted by Gasteiger charge is 2.17. The molecule has 0 spiro atoms. The van der Waals surface area contributed by atoms with E-state index < -0.39 is 6.10 Å². The Hall–Kier alpha value is -1.75. The van der Waals surface area contributed by atoms with Crippen molar-refractivity contribution in [2.45, 2.75) is 39.0 Å². The van der Waals surface area contributed by atoms with Crippen molar-refractivity contribution in [2.24, 2.45) is 0 Å². The topological polar surface area (TPSA) is 41.6 Å². The molecule has 1 aliphatic heterocycles. The third-order valence-electron chi connectivity index (χ3n) is 4.68. The highest BCUT2D eigenvalue weighted by atomic mass is 35.5. The summed E-state index contributed by atoms with van der Waals surface area (Å²) in [5, 5.41) is 3.61. The van der Waals surface area contributed by atoms with Crippen molar-refractivity contribution >= 4 is 29.1 Å². The Labute approximate surface area is 170 Å². The van der Waals surface area contributed by atoms with Crippen molar-refractivity contribution in [3.8, 4) is 5.75 Å². The smallest absolute Gasteiger partial charge is 0.261 e. The molecule has 1 N–H and O–H groups in total. The van der Waals surface area contributed by atoms with Crippen LogP contribution in [-0.2, 0) is 17.9 Å². The number of carbonyl (C=O) groups is 1. The first-order chi connectivity index (χ1) is 13.0. The Kier molecular flexibility index (Phi) is 7.00. The van der Waals surface area contributed by atoms with Crippen LogP contribution in [0.4, 0.5) is 0 Å². The molecule has 1 atom stereocenters. The molecule has 1 saturated heterocycles. The maximum absolute atomic E-state index is 12.3. The van der Waals surface area contributed by atoms with Gasteiger partial charge in [-0.3, -0.25) is 9.69 Å². The zero-order valence-corrected chi connectivity index (χ0v) is 16.9. The largest absolute Gasteiger partial charge is 0.479 e. The van der Waals surface area contributed by atoms with Crippen LogP contribution in [0.5, 0.6) is 5.75 Å². The zero-order valence-electron chi connectivity index (χ0n) is 15.4. The molecule has 4 nitrogen and oxygen atoms in total. The van der Waals surface area contributed by atoms with Gasteiger partial charge in [0, 0.05) is 13.1 Å². The summed E-state index contributed by atoms with van der Waals surface area (Å²) in [6, 6.07) is 13.5. The Morgan fingerprint density at radius 1 is 1.11 bits per heavy atom. The minimum Gasteiger partial charge on any atom is -0.479 e. The lowest BCUT2D eigenvalue weighted by atomic mass is 10.1. The zero-order chi connectivity index (χ0) is 19.2. The van der Waals surface area contributed by atoms with Gasteiger partial charge in [-0.1, -0.05) is 53.5 Å². The molecule has 1 heterocycles. The van der Waals surface area contributed by atoms with Crippen LogP contribution in [-0.4, -0.2) is 30.0 Å². The Morgan fingerprint density at radius 3 is 2.48 bits per heavy atom. The molecule has 2 aromatic rings. The van der Waals surface area contributed by atoms with Crippen LogP contribution in [0.15, 0.2) is 42.5 Å². The maximum Gasteiger partial charge on any atom is 0.261 e. The Balaban J connectivity index is 1.48. The van der Waals surface area contributed by atoms with Gasteiger partial charge in [0.25, 0.3) is 5.91 Å². The number of nitrogens with one attached hydrogen (secondary N) is 1. The van der Waals surface area contributed by atoms with Crippen molar-refractivity contribution in [3.05, 3.63) is 63.6 Å². The van der Waals surface area contributed by atoms with Crippen LogP contribution < -0.4 is 10.1 Å². The van der Waals surface area contributed by atoms with Gasteiger partial charge in [0.15, 0.2) is 6.10 Å². The number of nitrogens with zero attached hydrogens (tertiary/aromatic N) is 1. The molecule has 27 heavy (non-hydrogen) atoms. The summed E-state index contributed by atoms with van der Waals surface area (Å²) in [5.74, 6) is 0.199. The number of rotatable bonds is 7. The van der Waals surface area contributed by atoms with Crippen molar-refractivity contribution in [2.75, 3.05) is 13.1 Å². The number of amides is 1. The van der Waals surface area contributed by atoms with Crippen LogP contribution in [0.1, 0.15) is 30.9 Å². The predicted molar refractivity (Wildman–Crippen MR) is 109 cm³/mol. The lowest BCUT2D eigenvalue weighted by molar-refractivity contribution is -0.127. The van der Waals surface area contributed by atoms with Crippen LogP contribution in [0.25, 0.3) is 0 Å². The van der Waals surface area contributed by atoms with E-state index in [0.29, 0.717) is 22.3 Å². The normalized spacial score (nSPS) is 15.5. The van der Waals surface area contributed by atoms with Crippen LogP contribution in [0.2, 0.25) is 10.0 Å². The van der Waals surface area contributed by atoms with Crippen molar-refractivity contribution < 1.29 is 9.53 Å². The van der Waals surface area contributed by atoms with E-state index >= 15 is 0 Å². The molecule has 0 radical (unpaired) electrons. The second-order valence-corrected chi connectivity index (χ2v) is 7.61. The molecular formula is C21H24Cl2N2O2. The molecule has 2 aromatic carbocycles. The summed E-state index contributed by atoms with van der Waals surface area (Å²) in [5.41, 5.74) is 2.36. The minimum atomic E-state index is -0.671. The van der Waals surface area contributed by atoms with Gasteiger partial charge in [-0.2, -0.15) is 0 Å². The lowest BCUT2D eigenvalue weighted by Gasteiger charge is -2.16. The highest BCUT2D eigenvalue weighted by Crippen LogP contribution is 2.32. The van der Waals surface area contributed by atoms with E-state index in [2.05, 4.69) is 34.5 Å². The van der Waals surface area contributed by atoms with Crippen molar-refractivity contribution in [1.29, 1.82) is 0 Å². The summed E-state index contributed by atoms with van der Waals surface area (Å²) >= 11 is 12.1. The monoisotopic (exact) mass is 406 g/mol. The van der Waals surface area contributed by atoms with E-state index in [1.165, 1.54) is 31.5 Å². The van der Waals surface area contributed by atoms with E-state index in [0.717, 1.165) is 12.1 Å². The molecule has 1 unspecified atom stereocenters. The van der Waals surface area contributed by atoms with Gasteiger partial charge in [0.1, 0.15) is 10.8 Å². The van der Waals surface area contributed by atoms with Crippen LogP contribution in [0.3, 0.4) is 0 Å². The van der Waals surface area contributed by atoms with E-state index in [1.807, 2.05) is 0 Å². The second-order valence-electron chi connectivity index (χ2n) is 6.83. The number of benzene rings is 2. The summed E-state index contributed by atoms with van der Waals surface area (Å²) in [6.07, 6.45) is 1.92. The molecule has 0 saturated carbocycles. The number of ether oxygens (including phenoxy) is 1. The van der Waals surface area contributed by atoms with E-state index in [1.54, 1.807) is 25.1 Å². The maximum atomic E-state index is 12.3. The fourth-order valence-corrected chi connectivity index (χ4v) is 3.45. The van der Waals surface area contributed by atoms with Crippen LogP contribution >= 0.6 is 23.2 Å². The molecule has 1 amide bonds. The molecule has 144 valence electrons. The van der Waals surface area contributed by atoms with Gasteiger partial charge >= 0.3 is 0 Å². The van der Waals surface area contributed by atoms with Crippen molar-refractivity contribution in [1.82, 2.24) is 10.2 Å². The quantitative estimate of drug-likeness (QED) is 0.725. The number of hydrogen-bond acceptors (Lipinski definition) is 3. The molecule has 0 bridgehead atoms. The SMILES string of the molecule is CC(Oc1cccc(Cl)c1Cl)C(=O)NCc1ccc(CN2CCCC2)cc1. The third kappa shape index (κ3) is 5.61. The lowest BCUT2D eigenvalue weighted by Crippen LogP contribution is -2.35. The van der Waals surface area contributed by atoms with Gasteiger partial charge in [0.2, 0.25) is 0 Å². The molecule has 1 aliphatic rings. The van der Waals surface area contributed by atoms with Gasteiger partial charge in [-0.05, 0) is 56.1 Å². The van der Waals surface area contributed by atoms with E-state index in [-0.39, 0.29) is 5.91 Å². The fourth-order valence-electron chi connectivity index (χ4n) is 3.11. The fraction of sp³-hybridized carbons (Fsp3) is 0.381. The van der Waals surface area contributed by atoms with E-state index in [4.69, 9.17) is 27.9 Å². The Bertz CT molecular complexity index is 774. The first kappa shape index (κ1) is 20.0. The highest BCUT2D eigenvalue weighted by molar-refractivity contribution is 6.42. The van der Waals surface area contributed by atoms with Gasteiger partial charge in [-0.15, -0.1) is 0 Å². The van der Waals surface area contributed by atoms with Crippen LogP contribution in [0, 0.1) is 0 Å². The minimum absolute atomic E-state index is 0.202. The summed E-state index contributed by atoms with van der Waals surface area (Å²) in [7, 11) is 0. The third-order valence-corrected chi connectivity index (χ3v) is 5.49. The standard InChI is InChI=1S/C21H24Cl2N2O2/c1-15(27-19-6-4-5-18(22)20(19)23)21(26)24-13-16-7-9-17(10-8-16)14-25-11-2-3-12-25/h4-10,15H,2-3,11-14H2,1H3,(H,24,26). The molecule has 3 rings (SSSR count). The second kappa shape index (κ2) is 9.45. The number of carbonyl (C=O) groups excluding carboxylic acids is 1. The molecule has 0 aliphatic carbocycles. The summed E-state index contributed by atoms with van der Waals surface area (Å²) < 4.78 is 5.64. The molecule has 1 fully saturated rings. The van der Waals surface area contributed by atoms with Gasteiger partial charge in [-0.25, -0.2) is 0 Å². The van der Waals surface area contributed by atoms with E-state index in [9.17, 15) is 4.79 Å². The predicted octanol–water partition coefficient (Wildman–Crippen LogP) is 4.67. The summed E-state index contributed by atoms with van der Waals surface area (Å²) in [4.78, 5) is 14.8. The Morgan fingerprint density at radius 2 is 1.78 bits per heavy atom. The van der Waals surface area contributed by atoms with Gasteiger partial charge < -0.3 is 10.1 Å². The number of hydrogen-bond donors (Lipinski definition) is 1. The van der Waals surface area contributed by atoms with Crippen molar-refractivity contribution in [3.63, 3.8) is 0 Å². The average molecular weight is 407 g/mol. The number of likely N-dealkylation sites (tertiary alicyclic amines) is 1. The molecule has 6 heteroatoms. The first-order valence-corrected chi connectivity index (χ1v) is 9.97.